The molecule has 5 heteroatoms. The smallest absolute Gasteiger partial charge is 0.227 e. The first kappa shape index (κ1) is 8.80. The van der Waals surface area contributed by atoms with Crippen LogP contribution in [0, 0.1) is 0 Å². The Hall–Kier alpha value is -0.290. The van der Waals surface area contributed by atoms with Gasteiger partial charge in [0.05, 0.1) is 4.91 Å². The predicted molar refractivity (Wildman–Crippen MR) is 48.2 cm³/mol. The SMILES string of the molecule is CCSC1=NC=C(C)S1(=O)=O. The lowest BCUT2D eigenvalue weighted by atomic mass is 10.7. The highest BCUT2D eigenvalue weighted by molar-refractivity contribution is 8.36. The number of sulfone groups is 1. The summed E-state index contributed by atoms with van der Waals surface area (Å²) in [7, 11) is -3.15. The lowest BCUT2D eigenvalue weighted by molar-refractivity contribution is 0.613. The van der Waals surface area contributed by atoms with E-state index < -0.39 is 9.84 Å². The molecule has 0 N–H and O–H groups in total. The third kappa shape index (κ3) is 1.49. The number of rotatable bonds is 1. The fraction of sp³-hybridized carbons (Fsp3) is 0.500. The van der Waals surface area contributed by atoms with E-state index in [2.05, 4.69) is 4.99 Å². The minimum atomic E-state index is -3.15. The molecule has 62 valence electrons. The first-order valence-electron chi connectivity index (χ1n) is 3.21. The Bertz CT molecular complexity index is 313. The van der Waals surface area contributed by atoms with E-state index in [1.54, 1.807) is 6.92 Å². The van der Waals surface area contributed by atoms with Crippen molar-refractivity contribution in [3.05, 3.63) is 11.1 Å². The van der Waals surface area contributed by atoms with E-state index in [0.717, 1.165) is 5.75 Å². The maximum absolute atomic E-state index is 11.3. The standard InChI is InChI=1S/C6H9NO2S2/c1-3-10-6-7-4-5(2)11(6,8)9/h4H,3H2,1-2H3. The summed E-state index contributed by atoms with van der Waals surface area (Å²) in [5.41, 5.74) is 0. The van der Waals surface area contributed by atoms with Crippen LogP contribution in [0.1, 0.15) is 13.8 Å². The average molecular weight is 191 g/mol. The molecule has 0 saturated carbocycles. The van der Waals surface area contributed by atoms with Gasteiger partial charge in [-0.05, 0) is 12.7 Å². The molecule has 0 aromatic carbocycles. The highest BCUT2D eigenvalue weighted by atomic mass is 32.3. The molecule has 0 aromatic heterocycles. The molecule has 0 aliphatic carbocycles. The number of hydrogen-bond donors (Lipinski definition) is 0. The summed E-state index contributed by atoms with van der Waals surface area (Å²) < 4.78 is 22.8. The first-order valence-corrected chi connectivity index (χ1v) is 5.68. The first-order chi connectivity index (χ1) is 5.09. The Kier molecular flexibility index (Phi) is 2.39. The lowest BCUT2D eigenvalue weighted by Crippen LogP contribution is -2.07. The molecular weight excluding hydrogens is 182 g/mol. The maximum atomic E-state index is 11.3. The fourth-order valence-electron chi connectivity index (χ4n) is 0.658. The lowest BCUT2D eigenvalue weighted by Gasteiger charge is -1.97. The normalized spacial score (nSPS) is 21.3. The molecule has 0 spiro atoms. The topological polar surface area (TPSA) is 46.5 Å². The largest absolute Gasteiger partial charge is 0.237 e. The molecule has 0 aromatic rings. The van der Waals surface area contributed by atoms with Crippen molar-refractivity contribution in [2.75, 3.05) is 5.75 Å². The molecule has 1 rings (SSSR count). The highest BCUT2D eigenvalue weighted by Crippen LogP contribution is 2.23. The third-order valence-electron chi connectivity index (χ3n) is 1.27. The van der Waals surface area contributed by atoms with Gasteiger partial charge in [-0.25, -0.2) is 13.4 Å². The number of aliphatic imine (C=N–C) groups is 1. The zero-order chi connectivity index (χ0) is 8.48. The zero-order valence-electron chi connectivity index (χ0n) is 6.36. The Balaban J connectivity index is 2.93. The van der Waals surface area contributed by atoms with E-state index in [1.807, 2.05) is 6.92 Å². The van der Waals surface area contributed by atoms with Gasteiger partial charge in [0.15, 0.2) is 4.38 Å². The minimum absolute atomic E-state index is 0.234. The van der Waals surface area contributed by atoms with Crippen LogP contribution in [0.25, 0.3) is 0 Å². The number of allylic oxidation sites excluding steroid dienone is 1. The van der Waals surface area contributed by atoms with Crippen LogP contribution in [0.3, 0.4) is 0 Å². The summed E-state index contributed by atoms with van der Waals surface area (Å²) in [5, 5.41) is 0. The summed E-state index contributed by atoms with van der Waals surface area (Å²) in [6, 6.07) is 0. The van der Waals surface area contributed by atoms with Gasteiger partial charge in [0.25, 0.3) is 0 Å². The molecule has 0 saturated heterocycles. The number of hydrogen-bond acceptors (Lipinski definition) is 4. The molecule has 3 nitrogen and oxygen atoms in total. The molecule has 0 unspecified atom stereocenters. The zero-order valence-corrected chi connectivity index (χ0v) is 8.00. The monoisotopic (exact) mass is 191 g/mol. The molecule has 0 fully saturated rings. The van der Waals surface area contributed by atoms with Crippen molar-refractivity contribution in [3.63, 3.8) is 0 Å². The van der Waals surface area contributed by atoms with Crippen molar-refractivity contribution in [1.29, 1.82) is 0 Å². The Labute approximate surface area is 70.5 Å². The molecule has 0 atom stereocenters. The van der Waals surface area contributed by atoms with E-state index >= 15 is 0 Å². The van der Waals surface area contributed by atoms with Crippen LogP contribution >= 0.6 is 11.8 Å². The van der Waals surface area contributed by atoms with Gasteiger partial charge in [-0.15, -0.1) is 0 Å². The van der Waals surface area contributed by atoms with E-state index in [9.17, 15) is 8.42 Å². The van der Waals surface area contributed by atoms with Gasteiger partial charge >= 0.3 is 0 Å². The van der Waals surface area contributed by atoms with Gasteiger partial charge in [-0.2, -0.15) is 0 Å². The summed E-state index contributed by atoms with van der Waals surface area (Å²) >= 11 is 1.26. The van der Waals surface area contributed by atoms with E-state index in [-0.39, 0.29) is 4.38 Å². The van der Waals surface area contributed by atoms with Gasteiger partial charge in [0.2, 0.25) is 9.84 Å². The molecule has 11 heavy (non-hydrogen) atoms. The number of thioether (sulfide) groups is 1. The quantitative estimate of drug-likeness (QED) is 0.629. The molecule has 0 amide bonds. The fourth-order valence-corrected chi connectivity index (χ4v) is 3.06. The van der Waals surface area contributed by atoms with Crippen molar-refractivity contribution in [2.24, 2.45) is 4.99 Å². The Morgan fingerprint density at radius 3 is 2.64 bits per heavy atom. The van der Waals surface area contributed by atoms with Gasteiger partial charge in [-0.1, -0.05) is 18.7 Å². The molecule has 0 bridgehead atoms. The number of nitrogens with zero attached hydrogens (tertiary/aromatic N) is 1. The van der Waals surface area contributed by atoms with Crippen molar-refractivity contribution >= 4 is 26.0 Å². The van der Waals surface area contributed by atoms with E-state index in [4.69, 9.17) is 0 Å². The van der Waals surface area contributed by atoms with Crippen LogP contribution < -0.4 is 0 Å². The van der Waals surface area contributed by atoms with Crippen molar-refractivity contribution < 1.29 is 8.42 Å². The average Bonchev–Trinajstić information content (AvgIpc) is 2.16. The van der Waals surface area contributed by atoms with Crippen LogP contribution in [-0.2, 0) is 9.84 Å². The molecule has 1 aliphatic rings. The van der Waals surface area contributed by atoms with Gasteiger partial charge in [-0.3, -0.25) is 0 Å². The molecule has 1 aliphatic heterocycles. The van der Waals surface area contributed by atoms with Crippen LogP contribution in [-0.4, -0.2) is 18.5 Å². The third-order valence-corrected chi connectivity index (χ3v) is 4.44. The Morgan fingerprint density at radius 1 is 1.64 bits per heavy atom. The molecule has 0 radical (unpaired) electrons. The van der Waals surface area contributed by atoms with Crippen LogP contribution in [0.15, 0.2) is 16.1 Å². The van der Waals surface area contributed by atoms with Crippen molar-refractivity contribution in [1.82, 2.24) is 0 Å². The van der Waals surface area contributed by atoms with Gasteiger partial charge < -0.3 is 0 Å². The summed E-state index contributed by atoms with van der Waals surface area (Å²) in [5.74, 6) is 0.735. The Morgan fingerprint density at radius 2 is 2.27 bits per heavy atom. The van der Waals surface area contributed by atoms with Crippen molar-refractivity contribution in [3.8, 4) is 0 Å². The second-order valence-electron chi connectivity index (χ2n) is 2.07. The van der Waals surface area contributed by atoms with Gasteiger partial charge in [0.1, 0.15) is 0 Å². The van der Waals surface area contributed by atoms with Crippen LogP contribution in [0.2, 0.25) is 0 Å². The highest BCUT2D eigenvalue weighted by Gasteiger charge is 2.25. The van der Waals surface area contributed by atoms with Crippen molar-refractivity contribution in [2.45, 2.75) is 13.8 Å². The second-order valence-corrected chi connectivity index (χ2v) is 5.62. The van der Waals surface area contributed by atoms with E-state index in [1.165, 1.54) is 18.0 Å². The van der Waals surface area contributed by atoms with Gasteiger partial charge in [0, 0.05) is 6.20 Å². The summed E-state index contributed by atoms with van der Waals surface area (Å²) in [6.07, 6.45) is 1.40. The van der Waals surface area contributed by atoms with Crippen LogP contribution in [0.4, 0.5) is 0 Å². The summed E-state index contributed by atoms with van der Waals surface area (Å²) in [4.78, 5) is 4.13. The maximum Gasteiger partial charge on any atom is 0.227 e. The second kappa shape index (κ2) is 2.98. The predicted octanol–water partition coefficient (Wildman–Crippen LogP) is 1.39. The van der Waals surface area contributed by atoms with E-state index in [0.29, 0.717) is 4.91 Å². The molecular formula is C6H9NO2S2. The minimum Gasteiger partial charge on any atom is -0.237 e. The van der Waals surface area contributed by atoms with Crippen LogP contribution in [0.5, 0.6) is 0 Å². The summed E-state index contributed by atoms with van der Waals surface area (Å²) in [6.45, 7) is 3.46. The molecule has 1 heterocycles.